The summed E-state index contributed by atoms with van der Waals surface area (Å²) in [7, 11) is 7.12. The van der Waals surface area contributed by atoms with E-state index in [0.717, 1.165) is 0 Å². The summed E-state index contributed by atoms with van der Waals surface area (Å²) in [6.07, 6.45) is -8.19. The van der Waals surface area contributed by atoms with E-state index >= 15 is 0 Å². The number of likely N-dealkylation sites (N-methyl/N-ethyl adjacent to an activating group) is 2. The molecule has 0 aromatic heterocycles. The van der Waals surface area contributed by atoms with Crippen molar-refractivity contribution in [1.82, 2.24) is 9.80 Å². The molecule has 3 saturated heterocycles. The van der Waals surface area contributed by atoms with E-state index < -0.39 is 96.0 Å². The van der Waals surface area contributed by atoms with Gasteiger partial charge in [-0.3, -0.25) is 4.79 Å². The standard InChI is InChI=1S/C38H72N2O12/c1-15-27-38(10,46)31(42)24(6)40(13)19-20(2)17-36(8,45)33(52-35-29(41)26(39(11)12)16-21(3)48-35)22(4)30(23(5)34(44)50-27)51-28-18-37(9,47-14)32(43)25(7)49-28/h20-33,35,41-43,45-46H,15-19H2,1-14H3/t20-,21?,22+,23-,24?,25?,26?,27-,28?,29?,30+,31-,32?,33-,35?,36-,37?,38+/m1/s1. The van der Waals surface area contributed by atoms with Gasteiger partial charge in [0.25, 0.3) is 0 Å². The SMILES string of the molecule is CC[C@H]1OC(=O)[C@H](C)[C@@H](OC2CC(C)(OC)C(O)C(C)O2)[C@H](C)[C@@H](OC2OC(C)CC(N(C)C)C2O)[C@](C)(O)C[C@@H](C)CN(C)C(C)[C@@H](O)[C@@]1(C)O. The molecule has 0 amide bonds. The largest absolute Gasteiger partial charge is 0.459 e. The molecule has 0 aromatic carbocycles. The van der Waals surface area contributed by atoms with Gasteiger partial charge < -0.3 is 63.8 Å². The zero-order valence-electron chi connectivity index (χ0n) is 34.2. The smallest absolute Gasteiger partial charge is 0.311 e. The van der Waals surface area contributed by atoms with Crippen LogP contribution in [-0.2, 0) is 33.2 Å². The maximum absolute atomic E-state index is 14.2. The number of cyclic esters (lactones) is 1. The molecule has 0 radical (unpaired) electrons. The monoisotopic (exact) mass is 749 g/mol. The van der Waals surface area contributed by atoms with Crippen LogP contribution in [0.15, 0.2) is 0 Å². The number of aliphatic hydroxyl groups is 5. The van der Waals surface area contributed by atoms with Crippen LogP contribution in [0.2, 0.25) is 0 Å². The molecule has 18 atom stereocenters. The Morgan fingerprint density at radius 2 is 1.56 bits per heavy atom. The molecular formula is C38H72N2O12. The van der Waals surface area contributed by atoms with Crippen LogP contribution in [0.1, 0.15) is 94.9 Å². The Bertz CT molecular complexity index is 1140. The summed E-state index contributed by atoms with van der Waals surface area (Å²) in [5.74, 6) is -2.58. The predicted octanol–water partition coefficient (Wildman–Crippen LogP) is 1.90. The minimum Gasteiger partial charge on any atom is -0.459 e. The topological polar surface area (TPSA) is 180 Å². The lowest BCUT2D eigenvalue weighted by Crippen LogP contribution is -2.60. The van der Waals surface area contributed by atoms with Crippen molar-refractivity contribution >= 4 is 5.97 Å². The van der Waals surface area contributed by atoms with E-state index in [9.17, 15) is 30.3 Å². The van der Waals surface area contributed by atoms with Crippen LogP contribution >= 0.6 is 0 Å². The Hall–Kier alpha value is -1.01. The molecule has 3 aliphatic rings. The lowest BCUT2D eigenvalue weighted by molar-refractivity contribution is -0.318. The van der Waals surface area contributed by atoms with Gasteiger partial charge >= 0.3 is 5.97 Å². The molecule has 0 aromatic rings. The van der Waals surface area contributed by atoms with E-state index in [0.29, 0.717) is 13.0 Å². The van der Waals surface area contributed by atoms with Gasteiger partial charge in [0.1, 0.15) is 30.0 Å². The second-order valence-electron chi connectivity index (χ2n) is 17.2. The van der Waals surface area contributed by atoms with Crippen molar-refractivity contribution in [1.29, 1.82) is 0 Å². The molecule has 9 unspecified atom stereocenters. The van der Waals surface area contributed by atoms with Gasteiger partial charge in [-0.1, -0.05) is 20.8 Å². The van der Waals surface area contributed by atoms with E-state index in [1.807, 2.05) is 51.7 Å². The summed E-state index contributed by atoms with van der Waals surface area (Å²) in [5, 5.41) is 58.1. The predicted molar refractivity (Wildman–Crippen MR) is 194 cm³/mol. The van der Waals surface area contributed by atoms with Crippen LogP contribution < -0.4 is 0 Å². The van der Waals surface area contributed by atoms with Crippen molar-refractivity contribution in [2.24, 2.45) is 17.8 Å². The molecule has 306 valence electrons. The molecular weight excluding hydrogens is 676 g/mol. The summed E-state index contributed by atoms with van der Waals surface area (Å²) in [4.78, 5) is 18.0. The van der Waals surface area contributed by atoms with Gasteiger partial charge in [0.15, 0.2) is 12.6 Å². The Labute approximate surface area is 312 Å². The molecule has 3 heterocycles. The van der Waals surface area contributed by atoms with Gasteiger partial charge in [-0.15, -0.1) is 0 Å². The maximum atomic E-state index is 14.2. The molecule has 0 saturated carbocycles. The van der Waals surface area contributed by atoms with Crippen molar-refractivity contribution in [3.63, 3.8) is 0 Å². The Balaban J connectivity index is 2.17. The van der Waals surface area contributed by atoms with Crippen LogP contribution in [0.5, 0.6) is 0 Å². The van der Waals surface area contributed by atoms with Crippen LogP contribution in [0.3, 0.4) is 0 Å². The molecule has 14 nitrogen and oxygen atoms in total. The molecule has 0 aliphatic carbocycles. The number of hydrogen-bond acceptors (Lipinski definition) is 14. The number of rotatable bonds is 7. The lowest BCUT2D eigenvalue weighted by atomic mass is 9.77. The number of nitrogens with zero attached hydrogens (tertiary/aromatic N) is 2. The minimum atomic E-state index is -1.80. The van der Waals surface area contributed by atoms with Crippen molar-refractivity contribution in [3.05, 3.63) is 0 Å². The zero-order chi connectivity index (χ0) is 39.7. The van der Waals surface area contributed by atoms with Crippen LogP contribution in [0, 0.1) is 17.8 Å². The number of methoxy groups -OCH3 is 1. The minimum absolute atomic E-state index is 0.133. The summed E-state index contributed by atoms with van der Waals surface area (Å²) in [5.41, 5.74) is -4.37. The first-order valence-corrected chi connectivity index (χ1v) is 19.1. The van der Waals surface area contributed by atoms with Gasteiger partial charge in [0.05, 0.1) is 41.5 Å². The Morgan fingerprint density at radius 3 is 2.12 bits per heavy atom. The normalized spacial score (nSPS) is 49.6. The molecule has 5 N–H and O–H groups in total. The van der Waals surface area contributed by atoms with Crippen LogP contribution in [-0.4, -0.2) is 166 Å². The van der Waals surface area contributed by atoms with Gasteiger partial charge in [0, 0.05) is 38.1 Å². The highest BCUT2D eigenvalue weighted by Gasteiger charge is 2.52. The van der Waals surface area contributed by atoms with E-state index in [4.69, 9.17) is 28.4 Å². The van der Waals surface area contributed by atoms with E-state index in [-0.39, 0.29) is 37.3 Å². The van der Waals surface area contributed by atoms with Crippen molar-refractivity contribution in [3.8, 4) is 0 Å². The third kappa shape index (κ3) is 10.0. The first kappa shape index (κ1) is 45.4. The van der Waals surface area contributed by atoms with Crippen LogP contribution in [0.25, 0.3) is 0 Å². The molecule has 52 heavy (non-hydrogen) atoms. The van der Waals surface area contributed by atoms with E-state index in [2.05, 4.69) is 0 Å². The third-order valence-corrected chi connectivity index (χ3v) is 12.2. The Morgan fingerprint density at radius 1 is 0.942 bits per heavy atom. The summed E-state index contributed by atoms with van der Waals surface area (Å²) in [6.45, 7) is 18.0. The summed E-state index contributed by atoms with van der Waals surface area (Å²) >= 11 is 0. The fourth-order valence-corrected chi connectivity index (χ4v) is 8.74. The quantitative estimate of drug-likeness (QED) is 0.238. The third-order valence-electron chi connectivity index (χ3n) is 12.2. The van der Waals surface area contributed by atoms with Gasteiger partial charge in [-0.2, -0.15) is 0 Å². The van der Waals surface area contributed by atoms with Gasteiger partial charge in [-0.05, 0) is 94.8 Å². The van der Waals surface area contributed by atoms with E-state index in [1.54, 1.807) is 41.5 Å². The van der Waals surface area contributed by atoms with Crippen molar-refractivity contribution in [2.45, 2.75) is 185 Å². The summed E-state index contributed by atoms with van der Waals surface area (Å²) < 4.78 is 37.5. The average Bonchev–Trinajstić information content (AvgIpc) is 3.05. The van der Waals surface area contributed by atoms with E-state index in [1.165, 1.54) is 14.0 Å². The molecule has 3 aliphatic heterocycles. The fraction of sp³-hybridized carbons (Fsp3) is 0.974. The number of aliphatic hydroxyl groups excluding tert-OH is 3. The maximum Gasteiger partial charge on any atom is 0.311 e. The second-order valence-corrected chi connectivity index (χ2v) is 17.2. The average molecular weight is 749 g/mol. The zero-order valence-corrected chi connectivity index (χ0v) is 34.2. The first-order valence-electron chi connectivity index (χ1n) is 19.1. The number of hydrogen-bond donors (Lipinski definition) is 5. The summed E-state index contributed by atoms with van der Waals surface area (Å²) in [6, 6.07) is -0.808. The van der Waals surface area contributed by atoms with Crippen molar-refractivity contribution < 1.29 is 58.7 Å². The lowest BCUT2D eigenvalue weighted by Gasteiger charge is -2.48. The van der Waals surface area contributed by atoms with Gasteiger partial charge in [0.2, 0.25) is 0 Å². The highest BCUT2D eigenvalue weighted by Crippen LogP contribution is 2.40. The molecule has 3 rings (SSSR count). The number of esters is 1. The highest BCUT2D eigenvalue weighted by molar-refractivity contribution is 5.73. The highest BCUT2D eigenvalue weighted by atomic mass is 16.7. The molecule has 3 fully saturated rings. The van der Waals surface area contributed by atoms with Crippen molar-refractivity contribution in [2.75, 3.05) is 34.8 Å². The molecule has 0 bridgehead atoms. The fourth-order valence-electron chi connectivity index (χ4n) is 8.74. The van der Waals surface area contributed by atoms with Crippen LogP contribution in [0.4, 0.5) is 0 Å². The number of carbonyl (C=O) groups is 1. The molecule has 14 heteroatoms. The van der Waals surface area contributed by atoms with Gasteiger partial charge in [-0.25, -0.2) is 0 Å². The number of ether oxygens (including phenoxy) is 6. The number of carbonyl (C=O) groups excluding carboxylic acids is 1. The first-order chi connectivity index (χ1) is 23.9. The Kier molecular flexibility index (Phi) is 15.6. The second kappa shape index (κ2) is 17.8. The molecule has 0 spiro atoms.